The first-order chi connectivity index (χ1) is 8.74. The number of nitriles is 1. The van der Waals surface area contributed by atoms with E-state index in [1.54, 1.807) is 36.4 Å². The van der Waals surface area contributed by atoms with E-state index in [0.717, 1.165) is 0 Å². The maximum Gasteiger partial charge on any atom is 0.187 e. The Morgan fingerprint density at radius 2 is 1.67 bits per heavy atom. The maximum absolute atomic E-state index is 13.5. The molecule has 0 saturated carbocycles. The van der Waals surface area contributed by atoms with Gasteiger partial charge in [-0.1, -0.05) is 42.5 Å². The van der Waals surface area contributed by atoms with Crippen LogP contribution in [-0.4, -0.2) is 5.78 Å². The zero-order chi connectivity index (χ0) is 13.0. The summed E-state index contributed by atoms with van der Waals surface area (Å²) in [6, 6.07) is 16.3. The average molecular weight is 239 g/mol. The van der Waals surface area contributed by atoms with Gasteiger partial charge in [0.15, 0.2) is 5.78 Å². The Kier molecular flexibility index (Phi) is 3.49. The minimum Gasteiger partial charge on any atom is -0.292 e. The first kappa shape index (κ1) is 12.0. The van der Waals surface area contributed by atoms with Gasteiger partial charge in [0.05, 0.1) is 11.6 Å². The Morgan fingerprint density at radius 1 is 1.06 bits per heavy atom. The molecule has 0 heterocycles. The molecule has 0 aliphatic rings. The Bertz CT molecular complexity index is 601. The third-order valence-corrected chi connectivity index (χ3v) is 2.66. The minimum absolute atomic E-state index is 0.0482. The summed E-state index contributed by atoms with van der Waals surface area (Å²) >= 11 is 0. The number of hydrogen-bond acceptors (Lipinski definition) is 2. The second-order valence-corrected chi connectivity index (χ2v) is 3.82. The quantitative estimate of drug-likeness (QED) is 0.771. The summed E-state index contributed by atoms with van der Waals surface area (Å²) in [6.45, 7) is 0. The minimum atomic E-state index is -0.969. The molecule has 0 radical (unpaired) electrons. The normalized spacial score (nSPS) is 11.6. The van der Waals surface area contributed by atoms with Crippen LogP contribution in [0.2, 0.25) is 0 Å². The van der Waals surface area contributed by atoms with Crippen LogP contribution in [0.5, 0.6) is 0 Å². The number of halogens is 1. The van der Waals surface area contributed by atoms with E-state index in [1.165, 1.54) is 18.2 Å². The molecule has 0 saturated heterocycles. The van der Waals surface area contributed by atoms with Crippen LogP contribution >= 0.6 is 0 Å². The number of carbonyl (C=O) groups excluding carboxylic acids is 1. The summed E-state index contributed by atoms with van der Waals surface area (Å²) in [5.74, 6) is -2.08. The van der Waals surface area contributed by atoms with Crippen LogP contribution in [0, 0.1) is 17.1 Å². The maximum atomic E-state index is 13.5. The molecule has 0 fully saturated rings. The lowest BCUT2D eigenvalue weighted by atomic mass is 9.92. The Labute approximate surface area is 104 Å². The summed E-state index contributed by atoms with van der Waals surface area (Å²) in [4.78, 5) is 12.1. The molecule has 2 aromatic carbocycles. The van der Waals surface area contributed by atoms with Crippen LogP contribution in [-0.2, 0) is 0 Å². The standard InChI is InChI=1S/C15H10FNO/c16-14-9-5-4-8-12(14)15(18)13(10-17)11-6-2-1-3-7-11/h1-9,13H. The summed E-state index contributed by atoms with van der Waals surface area (Å²) in [5.41, 5.74) is 0.529. The van der Waals surface area contributed by atoms with Crippen molar-refractivity contribution in [3.05, 3.63) is 71.5 Å². The molecular weight excluding hydrogens is 229 g/mol. The molecule has 0 spiro atoms. The van der Waals surface area contributed by atoms with Crippen molar-refractivity contribution >= 4 is 5.78 Å². The molecule has 3 heteroatoms. The number of nitrogens with zero attached hydrogens (tertiary/aromatic N) is 1. The largest absolute Gasteiger partial charge is 0.292 e. The van der Waals surface area contributed by atoms with Gasteiger partial charge >= 0.3 is 0 Å². The first-order valence-electron chi connectivity index (χ1n) is 5.47. The van der Waals surface area contributed by atoms with Crippen molar-refractivity contribution in [3.63, 3.8) is 0 Å². The van der Waals surface area contributed by atoms with Crippen LogP contribution in [0.25, 0.3) is 0 Å². The molecule has 1 atom stereocenters. The second-order valence-electron chi connectivity index (χ2n) is 3.82. The van der Waals surface area contributed by atoms with Gasteiger partial charge in [0.1, 0.15) is 11.7 Å². The highest BCUT2D eigenvalue weighted by atomic mass is 19.1. The highest BCUT2D eigenvalue weighted by molar-refractivity contribution is 6.02. The third-order valence-electron chi connectivity index (χ3n) is 2.66. The van der Waals surface area contributed by atoms with E-state index in [-0.39, 0.29) is 5.56 Å². The van der Waals surface area contributed by atoms with Gasteiger partial charge in [-0.05, 0) is 17.7 Å². The molecule has 2 nitrogen and oxygen atoms in total. The van der Waals surface area contributed by atoms with Gasteiger partial charge in [-0.2, -0.15) is 5.26 Å². The SMILES string of the molecule is N#CC(C(=O)c1ccccc1F)c1ccccc1. The molecule has 2 rings (SSSR count). The highest BCUT2D eigenvalue weighted by Gasteiger charge is 2.23. The average Bonchev–Trinajstić information content (AvgIpc) is 2.41. The lowest BCUT2D eigenvalue weighted by molar-refractivity contribution is 0.0975. The molecule has 0 bridgehead atoms. The number of benzene rings is 2. The fourth-order valence-corrected chi connectivity index (χ4v) is 1.75. The number of ketones is 1. The van der Waals surface area contributed by atoms with Crippen LogP contribution in [0.4, 0.5) is 4.39 Å². The van der Waals surface area contributed by atoms with Crippen molar-refractivity contribution in [3.8, 4) is 6.07 Å². The molecule has 0 aliphatic carbocycles. The highest BCUT2D eigenvalue weighted by Crippen LogP contribution is 2.21. The summed E-state index contributed by atoms with van der Waals surface area (Å²) in [6.07, 6.45) is 0. The van der Waals surface area contributed by atoms with E-state index < -0.39 is 17.5 Å². The van der Waals surface area contributed by atoms with Gasteiger partial charge in [0, 0.05) is 0 Å². The molecule has 0 aromatic heterocycles. The molecule has 0 amide bonds. The van der Waals surface area contributed by atoms with Crippen molar-refractivity contribution in [1.82, 2.24) is 0 Å². The molecule has 0 aliphatic heterocycles. The Hall–Kier alpha value is -2.47. The van der Waals surface area contributed by atoms with Crippen molar-refractivity contribution < 1.29 is 9.18 Å². The Balaban J connectivity index is 2.39. The molecule has 2 aromatic rings. The van der Waals surface area contributed by atoms with E-state index in [1.807, 2.05) is 6.07 Å². The van der Waals surface area contributed by atoms with Gasteiger partial charge in [-0.25, -0.2) is 4.39 Å². The van der Waals surface area contributed by atoms with E-state index in [9.17, 15) is 9.18 Å². The Morgan fingerprint density at radius 3 is 2.28 bits per heavy atom. The van der Waals surface area contributed by atoms with E-state index in [0.29, 0.717) is 5.56 Å². The van der Waals surface area contributed by atoms with Crippen LogP contribution < -0.4 is 0 Å². The van der Waals surface area contributed by atoms with Gasteiger partial charge in [-0.15, -0.1) is 0 Å². The van der Waals surface area contributed by atoms with Crippen molar-refractivity contribution in [2.24, 2.45) is 0 Å². The molecule has 1 unspecified atom stereocenters. The fraction of sp³-hybridized carbons (Fsp3) is 0.0667. The monoisotopic (exact) mass is 239 g/mol. The van der Waals surface area contributed by atoms with Gasteiger partial charge in [0.2, 0.25) is 0 Å². The van der Waals surface area contributed by atoms with Crippen LogP contribution in [0.3, 0.4) is 0 Å². The second kappa shape index (κ2) is 5.24. The predicted molar refractivity (Wildman–Crippen MR) is 65.5 cm³/mol. The topological polar surface area (TPSA) is 40.9 Å². The zero-order valence-electron chi connectivity index (χ0n) is 9.51. The lowest BCUT2D eigenvalue weighted by Gasteiger charge is -2.08. The fourth-order valence-electron chi connectivity index (χ4n) is 1.75. The third kappa shape index (κ3) is 2.28. The number of rotatable bonds is 3. The van der Waals surface area contributed by atoms with Crippen LogP contribution in [0.15, 0.2) is 54.6 Å². The first-order valence-corrected chi connectivity index (χ1v) is 5.47. The molecular formula is C15H10FNO. The van der Waals surface area contributed by atoms with Crippen molar-refractivity contribution in [2.45, 2.75) is 5.92 Å². The smallest absolute Gasteiger partial charge is 0.187 e. The van der Waals surface area contributed by atoms with Crippen molar-refractivity contribution in [1.29, 1.82) is 5.26 Å². The van der Waals surface area contributed by atoms with E-state index in [4.69, 9.17) is 5.26 Å². The molecule has 18 heavy (non-hydrogen) atoms. The van der Waals surface area contributed by atoms with Gasteiger partial charge in [0.25, 0.3) is 0 Å². The van der Waals surface area contributed by atoms with Gasteiger partial charge in [-0.3, -0.25) is 4.79 Å². The van der Waals surface area contributed by atoms with E-state index in [2.05, 4.69) is 0 Å². The van der Waals surface area contributed by atoms with Gasteiger partial charge < -0.3 is 0 Å². The summed E-state index contributed by atoms with van der Waals surface area (Å²) < 4.78 is 13.5. The van der Waals surface area contributed by atoms with Crippen molar-refractivity contribution in [2.75, 3.05) is 0 Å². The number of hydrogen-bond donors (Lipinski definition) is 0. The lowest BCUT2D eigenvalue weighted by Crippen LogP contribution is -2.12. The van der Waals surface area contributed by atoms with E-state index >= 15 is 0 Å². The molecule has 0 N–H and O–H groups in total. The van der Waals surface area contributed by atoms with Crippen LogP contribution in [0.1, 0.15) is 21.8 Å². The molecule has 88 valence electrons. The summed E-state index contributed by atoms with van der Waals surface area (Å²) in [7, 11) is 0. The number of Topliss-reactive ketones (excluding diaryl/α,β-unsaturated/α-hetero) is 1. The zero-order valence-corrected chi connectivity index (χ0v) is 9.51. The number of carbonyl (C=O) groups is 1. The summed E-state index contributed by atoms with van der Waals surface area (Å²) in [5, 5.41) is 9.11. The predicted octanol–water partition coefficient (Wildman–Crippen LogP) is 3.32.